The summed E-state index contributed by atoms with van der Waals surface area (Å²) in [6, 6.07) is 14.6. The number of anilines is 1. The maximum atomic E-state index is 12.1. The van der Waals surface area contributed by atoms with Gasteiger partial charge in [0, 0.05) is 17.3 Å². The summed E-state index contributed by atoms with van der Waals surface area (Å²) in [4.78, 5) is 16.4. The van der Waals surface area contributed by atoms with E-state index in [1.807, 2.05) is 30.3 Å². The van der Waals surface area contributed by atoms with E-state index in [1.165, 1.54) is 0 Å². The third-order valence-electron chi connectivity index (χ3n) is 3.24. The van der Waals surface area contributed by atoms with Crippen LogP contribution in [0.1, 0.15) is 5.56 Å². The number of benzene rings is 2. The molecular weight excluding hydrogens is 319 g/mol. The van der Waals surface area contributed by atoms with Gasteiger partial charge in [0.25, 0.3) is 0 Å². The van der Waals surface area contributed by atoms with Crippen molar-refractivity contribution in [3.8, 4) is 0 Å². The highest BCUT2D eigenvalue weighted by Crippen LogP contribution is 2.23. The zero-order valence-electron chi connectivity index (χ0n) is 11.5. The summed E-state index contributed by atoms with van der Waals surface area (Å²) in [7, 11) is 0. The molecule has 2 aromatic carbocycles. The van der Waals surface area contributed by atoms with Crippen molar-refractivity contribution in [3.63, 3.8) is 0 Å². The van der Waals surface area contributed by atoms with Gasteiger partial charge in [-0.15, -0.1) is 0 Å². The molecule has 0 aliphatic carbocycles. The van der Waals surface area contributed by atoms with E-state index in [2.05, 4.69) is 10.3 Å². The molecule has 0 spiro atoms. The summed E-state index contributed by atoms with van der Waals surface area (Å²) in [5, 5.41) is 4.78. The first-order chi connectivity index (χ1) is 10.6. The Bertz CT molecular complexity index is 849. The van der Waals surface area contributed by atoms with Gasteiger partial charge in [-0.05, 0) is 42.0 Å². The van der Waals surface area contributed by atoms with Gasteiger partial charge in [0.1, 0.15) is 0 Å². The van der Waals surface area contributed by atoms with E-state index in [0.29, 0.717) is 10.0 Å². The van der Waals surface area contributed by atoms with Gasteiger partial charge >= 0.3 is 0 Å². The van der Waals surface area contributed by atoms with E-state index in [1.54, 1.807) is 24.4 Å². The molecule has 3 nitrogen and oxygen atoms in total. The lowest BCUT2D eigenvalue weighted by molar-refractivity contribution is -0.115. The van der Waals surface area contributed by atoms with Gasteiger partial charge in [-0.25, -0.2) is 0 Å². The molecule has 1 heterocycles. The number of nitrogens with zero attached hydrogens (tertiary/aromatic N) is 1. The van der Waals surface area contributed by atoms with E-state index < -0.39 is 0 Å². The highest BCUT2D eigenvalue weighted by molar-refractivity contribution is 6.42. The zero-order chi connectivity index (χ0) is 15.5. The minimum absolute atomic E-state index is 0.110. The fourth-order valence-corrected chi connectivity index (χ4v) is 2.51. The SMILES string of the molecule is O=C(Cc1ccc(Cl)c(Cl)c1)Nc1ccc2ncccc2c1. The molecule has 0 atom stereocenters. The number of carbonyl (C=O) groups is 1. The summed E-state index contributed by atoms with van der Waals surface area (Å²) in [6.45, 7) is 0. The smallest absolute Gasteiger partial charge is 0.228 e. The summed E-state index contributed by atoms with van der Waals surface area (Å²) in [5.41, 5.74) is 2.45. The van der Waals surface area contributed by atoms with Gasteiger partial charge in [0.05, 0.1) is 22.0 Å². The molecule has 0 saturated heterocycles. The van der Waals surface area contributed by atoms with Crippen LogP contribution in [0.25, 0.3) is 10.9 Å². The molecule has 22 heavy (non-hydrogen) atoms. The summed E-state index contributed by atoms with van der Waals surface area (Å²) >= 11 is 11.8. The standard InChI is InChI=1S/C17H12Cl2N2O/c18-14-5-3-11(8-15(14)19)9-17(22)21-13-4-6-16-12(10-13)2-1-7-20-16/h1-8,10H,9H2,(H,21,22). The molecule has 0 aliphatic heterocycles. The van der Waals surface area contributed by atoms with Crippen molar-refractivity contribution in [3.05, 3.63) is 70.3 Å². The molecule has 5 heteroatoms. The van der Waals surface area contributed by atoms with Crippen molar-refractivity contribution in [1.82, 2.24) is 4.98 Å². The Hall–Kier alpha value is -2.10. The van der Waals surface area contributed by atoms with E-state index in [-0.39, 0.29) is 12.3 Å². The van der Waals surface area contributed by atoms with Crippen LogP contribution in [0.5, 0.6) is 0 Å². The normalized spacial score (nSPS) is 10.6. The van der Waals surface area contributed by atoms with Crippen LogP contribution in [0.3, 0.4) is 0 Å². The second kappa shape index (κ2) is 6.34. The number of rotatable bonds is 3. The average molecular weight is 331 g/mol. The highest BCUT2D eigenvalue weighted by Gasteiger charge is 2.07. The number of aromatic nitrogens is 1. The Kier molecular flexibility index (Phi) is 4.27. The third kappa shape index (κ3) is 3.38. The van der Waals surface area contributed by atoms with Gasteiger partial charge < -0.3 is 5.32 Å². The molecule has 0 bridgehead atoms. The Morgan fingerprint density at radius 2 is 1.91 bits per heavy atom. The number of pyridine rings is 1. The molecule has 3 rings (SSSR count). The average Bonchev–Trinajstić information content (AvgIpc) is 2.51. The highest BCUT2D eigenvalue weighted by atomic mass is 35.5. The van der Waals surface area contributed by atoms with E-state index in [9.17, 15) is 4.79 Å². The molecule has 110 valence electrons. The molecule has 1 N–H and O–H groups in total. The lowest BCUT2D eigenvalue weighted by Gasteiger charge is -2.07. The first kappa shape index (κ1) is 14.8. The monoisotopic (exact) mass is 330 g/mol. The molecule has 3 aromatic rings. The van der Waals surface area contributed by atoms with E-state index >= 15 is 0 Å². The number of carbonyl (C=O) groups excluding carboxylic acids is 1. The van der Waals surface area contributed by atoms with Gasteiger partial charge in [-0.2, -0.15) is 0 Å². The molecule has 1 amide bonds. The number of hydrogen-bond donors (Lipinski definition) is 1. The third-order valence-corrected chi connectivity index (χ3v) is 3.97. The topological polar surface area (TPSA) is 42.0 Å². The number of nitrogens with one attached hydrogen (secondary N) is 1. The lowest BCUT2D eigenvalue weighted by atomic mass is 10.1. The van der Waals surface area contributed by atoms with Crippen LogP contribution in [0.4, 0.5) is 5.69 Å². The predicted molar refractivity (Wildman–Crippen MR) is 90.5 cm³/mol. The van der Waals surface area contributed by atoms with Crippen molar-refractivity contribution in [2.24, 2.45) is 0 Å². The first-order valence-corrected chi connectivity index (χ1v) is 7.46. The number of fused-ring (bicyclic) bond motifs is 1. The number of hydrogen-bond acceptors (Lipinski definition) is 2. The zero-order valence-corrected chi connectivity index (χ0v) is 13.0. The number of halogens is 2. The van der Waals surface area contributed by atoms with Crippen molar-refractivity contribution in [1.29, 1.82) is 0 Å². The molecule has 0 unspecified atom stereocenters. The predicted octanol–water partition coefficient (Wildman–Crippen LogP) is 4.72. The minimum atomic E-state index is -0.110. The van der Waals surface area contributed by atoms with Gasteiger partial charge in [0.15, 0.2) is 0 Å². The van der Waals surface area contributed by atoms with Crippen LogP contribution in [0.2, 0.25) is 10.0 Å². The molecule has 0 aliphatic rings. The lowest BCUT2D eigenvalue weighted by Crippen LogP contribution is -2.14. The quantitative estimate of drug-likeness (QED) is 0.754. The van der Waals surface area contributed by atoms with Crippen LogP contribution in [0, 0.1) is 0 Å². The molecule has 0 fully saturated rings. The largest absolute Gasteiger partial charge is 0.326 e. The maximum Gasteiger partial charge on any atom is 0.228 e. The van der Waals surface area contributed by atoms with Crippen LogP contribution in [-0.2, 0) is 11.2 Å². The van der Waals surface area contributed by atoms with Crippen LogP contribution in [0.15, 0.2) is 54.7 Å². The Morgan fingerprint density at radius 1 is 1.05 bits per heavy atom. The molecule has 0 saturated carbocycles. The fourth-order valence-electron chi connectivity index (χ4n) is 2.19. The summed E-state index contributed by atoms with van der Waals surface area (Å²) < 4.78 is 0. The molecule has 0 radical (unpaired) electrons. The summed E-state index contributed by atoms with van der Waals surface area (Å²) in [6.07, 6.45) is 1.98. The Morgan fingerprint density at radius 3 is 2.73 bits per heavy atom. The minimum Gasteiger partial charge on any atom is -0.326 e. The summed E-state index contributed by atoms with van der Waals surface area (Å²) in [5.74, 6) is -0.110. The van der Waals surface area contributed by atoms with Gasteiger partial charge in [-0.1, -0.05) is 35.3 Å². The van der Waals surface area contributed by atoms with Crippen molar-refractivity contribution in [2.75, 3.05) is 5.32 Å². The Labute approximate surface area is 137 Å². The fraction of sp³-hybridized carbons (Fsp3) is 0.0588. The second-order valence-electron chi connectivity index (χ2n) is 4.88. The molecule has 1 aromatic heterocycles. The van der Waals surface area contributed by atoms with Crippen LogP contribution in [-0.4, -0.2) is 10.9 Å². The van der Waals surface area contributed by atoms with E-state index in [0.717, 1.165) is 22.2 Å². The van der Waals surface area contributed by atoms with E-state index in [4.69, 9.17) is 23.2 Å². The maximum absolute atomic E-state index is 12.1. The Balaban J connectivity index is 1.73. The van der Waals surface area contributed by atoms with Crippen LogP contribution >= 0.6 is 23.2 Å². The number of amides is 1. The van der Waals surface area contributed by atoms with Crippen molar-refractivity contribution < 1.29 is 4.79 Å². The first-order valence-electron chi connectivity index (χ1n) is 6.70. The van der Waals surface area contributed by atoms with Crippen molar-refractivity contribution >= 4 is 45.7 Å². The second-order valence-corrected chi connectivity index (χ2v) is 5.70. The van der Waals surface area contributed by atoms with Gasteiger partial charge in [0.2, 0.25) is 5.91 Å². The molecular formula is C17H12Cl2N2O. The van der Waals surface area contributed by atoms with Crippen LogP contribution < -0.4 is 5.32 Å². The van der Waals surface area contributed by atoms with Gasteiger partial charge in [-0.3, -0.25) is 9.78 Å². The van der Waals surface area contributed by atoms with Crippen molar-refractivity contribution in [2.45, 2.75) is 6.42 Å².